The Hall–Kier alpha value is -1.14. The molecule has 1 aromatic heterocycles. The fraction of sp³-hybridized carbons (Fsp3) is 0.500. The summed E-state index contributed by atoms with van der Waals surface area (Å²) in [6.45, 7) is 2.86. The first-order valence-electron chi connectivity index (χ1n) is 4.43. The van der Waals surface area contributed by atoms with Gasteiger partial charge < -0.3 is 11.1 Å². The molecule has 0 unspecified atom stereocenters. The van der Waals surface area contributed by atoms with Gasteiger partial charge in [0.1, 0.15) is 0 Å². The van der Waals surface area contributed by atoms with Crippen LogP contribution < -0.4 is 11.1 Å². The number of piperazine rings is 1. The quantitative estimate of drug-likeness (QED) is 0.703. The SMILES string of the molecule is Nc1ncc(CN2CCNC(=O)C2)s1. The minimum absolute atomic E-state index is 0.0914. The second-order valence-corrected chi connectivity index (χ2v) is 4.37. The Morgan fingerprint density at radius 1 is 1.71 bits per heavy atom. The van der Waals surface area contributed by atoms with Gasteiger partial charge in [0.25, 0.3) is 0 Å². The summed E-state index contributed by atoms with van der Waals surface area (Å²) < 4.78 is 0. The first-order valence-corrected chi connectivity index (χ1v) is 5.25. The zero-order valence-electron chi connectivity index (χ0n) is 7.69. The number of nitrogens with zero attached hydrogens (tertiary/aromatic N) is 2. The lowest BCUT2D eigenvalue weighted by Gasteiger charge is -2.25. The van der Waals surface area contributed by atoms with Gasteiger partial charge in [0.05, 0.1) is 6.54 Å². The molecule has 1 amide bonds. The molecule has 3 N–H and O–H groups in total. The number of rotatable bonds is 2. The predicted octanol–water partition coefficient (Wildman–Crippen LogP) is -0.343. The van der Waals surface area contributed by atoms with E-state index in [-0.39, 0.29) is 5.91 Å². The smallest absolute Gasteiger partial charge is 0.234 e. The Kier molecular flexibility index (Phi) is 2.64. The Morgan fingerprint density at radius 3 is 3.21 bits per heavy atom. The van der Waals surface area contributed by atoms with E-state index in [1.54, 1.807) is 6.20 Å². The average Bonchev–Trinajstić information content (AvgIpc) is 2.51. The molecule has 1 aromatic rings. The standard InChI is InChI=1S/C8H12N4OS/c9-8-11-3-6(14-8)4-12-2-1-10-7(13)5-12/h3H,1-2,4-5H2,(H2,9,11)(H,10,13). The Morgan fingerprint density at radius 2 is 2.57 bits per heavy atom. The minimum atomic E-state index is 0.0914. The molecular formula is C8H12N4OS. The third kappa shape index (κ3) is 2.21. The highest BCUT2D eigenvalue weighted by atomic mass is 32.1. The largest absolute Gasteiger partial charge is 0.375 e. The van der Waals surface area contributed by atoms with Gasteiger partial charge in [0.15, 0.2) is 5.13 Å². The number of carbonyl (C=O) groups is 1. The zero-order chi connectivity index (χ0) is 9.97. The van der Waals surface area contributed by atoms with Crippen molar-refractivity contribution in [1.29, 1.82) is 0 Å². The molecule has 0 radical (unpaired) electrons. The molecule has 1 fully saturated rings. The molecule has 1 aliphatic heterocycles. The summed E-state index contributed by atoms with van der Waals surface area (Å²) in [5.41, 5.74) is 5.52. The van der Waals surface area contributed by atoms with Gasteiger partial charge in [-0.3, -0.25) is 9.69 Å². The van der Waals surface area contributed by atoms with Crippen LogP contribution >= 0.6 is 11.3 Å². The Balaban J connectivity index is 1.93. The number of carbonyl (C=O) groups excluding carboxylic acids is 1. The number of hydrogen-bond donors (Lipinski definition) is 2. The number of nitrogen functional groups attached to an aromatic ring is 1. The molecule has 0 bridgehead atoms. The van der Waals surface area contributed by atoms with Crippen LogP contribution in [0.1, 0.15) is 4.88 Å². The van der Waals surface area contributed by atoms with Crippen LogP contribution in [0.25, 0.3) is 0 Å². The second-order valence-electron chi connectivity index (χ2n) is 3.23. The first kappa shape index (κ1) is 9.42. The maximum Gasteiger partial charge on any atom is 0.234 e. The van der Waals surface area contributed by atoms with E-state index in [0.29, 0.717) is 11.7 Å². The van der Waals surface area contributed by atoms with Crippen molar-refractivity contribution in [3.05, 3.63) is 11.1 Å². The number of thiazole rings is 1. The van der Waals surface area contributed by atoms with E-state index < -0.39 is 0 Å². The Bertz CT molecular complexity index is 338. The zero-order valence-corrected chi connectivity index (χ0v) is 8.51. The fourth-order valence-corrected chi connectivity index (χ4v) is 2.17. The van der Waals surface area contributed by atoms with Crippen molar-refractivity contribution in [2.24, 2.45) is 0 Å². The molecule has 76 valence electrons. The van der Waals surface area contributed by atoms with Crippen molar-refractivity contribution < 1.29 is 4.79 Å². The molecule has 0 saturated carbocycles. The first-order chi connectivity index (χ1) is 6.74. The second kappa shape index (κ2) is 3.93. The summed E-state index contributed by atoms with van der Waals surface area (Å²) in [7, 11) is 0. The van der Waals surface area contributed by atoms with Crippen LogP contribution in [0.4, 0.5) is 5.13 Å². The summed E-state index contributed by atoms with van der Waals surface area (Å²) in [6.07, 6.45) is 1.77. The van der Waals surface area contributed by atoms with Crippen molar-refractivity contribution >= 4 is 22.4 Å². The van der Waals surface area contributed by atoms with Crippen LogP contribution in [-0.2, 0) is 11.3 Å². The van der Waals surface area contributed by atoms with Crippen LogP contribution in [0.15, 0.2) is 6.20 Å². The van der Waals surface area contributed by atoms with E-state index in [4.69, 9.17) is 5.73 Å². The van der Waals surface area contributed by atoms with Crippen molar-refractivity contribution in [3.63, 3.8) is 0 Å². The van der Waals surface area contributed by atoms with Gasteiger partial charge in [-0.15, -0.1) is 11.3 Å². The molecule has 1 aliphatic rings. The molecule has 14 heavy (non-hydrogen) atoms. The van der Waals surface area contributed by atoms with Gasteiger partial charge in [-0.25, -0.2) is 4.98 Å². The predicted molar refractivity (Wildman–Crippen MR) is 54.8 cm³/mol. The van der Waals surface area contributed by atoms with Gasteiger partial charge in [0, 0.05) is 30.7 Å². The molecule has 5 nitrogen and oxygen atoms in total. The molecule has 0 aliphatic carbocycles. The van der Waals surface area contributed by atoms with Crippen LogP contribution in [0.3, 0.4) is 0 Å². The molecule has 6 heteroatoms. The lowest BCUT2D eigenvalue weighted by molar-refractivity contribution is -0.124. The lowest BCUT2D eigenvalue weighted by Crippen LogP contribution is -2.46. The number of anilines is 1. The summed E-state index contributed by atoms with van der Waals surface area (Å²) in [5, 5.41) is 3.37. The number of aromatic nitrogens is 1. The normalized spacial score (nSPS) is 18.1. The molecular weight excluding hydrogens is 200 g/mol. The van der Waals surface area contributed by atoms with Gasteiger partial charge in [-0.05, 0) is 0 Å². The summed E-state index contributed by atoms with van der Waals surface area (Å²) in [4.78, 5) is 18.2. The van der Waals surface area contributed by atoms with Crippen molar-refractivity contribution in [3.8, 4) is 0 Å². The fourth-order valence-electron chi connectivity index (χ4n) is 1.44. The number of amides is 1. The van der Waals surface area contributed by atoms with Crippen LogP contribution in [0, 0.1) is 0 Å². The summed E-state index contributed by atoms with van der Waals surface area (Å²) >= 11 is 1.48. The monoisotopic (exact) mass is 212 g/mol. The van der Waals surface area contributed by atoms with Gasteiger partial charge in [0.2, 0.25) is 5.91 Å². The average molecular weight is 212 g/mol. The van der Waals surface area contributed by atoms with Crippen molar-refractivity contribution in [1.82, 2.24) is 15.2 Å². The number of nitrogens with two attached hydrogens (primary N) is 1. The van der Waals surface area contributed by atoms with E-state index in [9.17, 15) is 4.79 Å². The van der Waals surface area contributed by atoms with Gasteiger partial charge in [-0.2, -0.15) is 0 Å². The Labute approximate surface area is 85.9 Å². The van der Waals surface area contributed by atoms with Gasteiger partial charge >= 0.3 is 0 Å². The molecule has 2 heterocycles. The van der Waals surface area contributed by atoms with Crippen LogP contribution in [0.5, 0.6) is 0 Å². The molecule has 0 atom stereocenters. The van der Waals surface area contributed by atoms with Crippen LogP contribution in [0.2, 0.25) is 0 Å². The van der Waals surface area contributed by atoms with Crippen molar-refractivity contribution in [2.45, 2.75) is 6.54 Å². The van der Waals surface area contributed by atoms with Crippen molar-refractivity contribution in [2.75, 3.05) is 25.4 Å². The third-order valence-corrected chi connectivity index (χ3v) is 2.88. The van der Waals surface area contributed by atoms with E-state index in [0.717, 1.165) is 24.5 Å². The lowest BCUT2D eigenvalue weighted by atomic mass is 10.3. The number of nitrogens with one attached hydrogen (secondary N) is 1. The van der Waals surface area contributed by atoms with E-state index in [1.165, 1.54) is 11.3 Å². The molecule has 2 rings (SSSR count). The van der Waals surface area contributed by atoms with E-state index >= 15 is 0 Å². The molecule has 1 saturated heterocycles. The highest BCUT2D eigenvalue weighted by Crippen LogP contribution is 2.16. The molecule has 0 aromatic carbocycles. The summed E-state index contributed by atoms with van der Waals surface area (Å²) in [5.74, 6) is 0.0914. The highest BCUT2D eigenvalue weighted by Gasteiger charge is 2.16. The molecule has 0 spiro atoms. The minimum Gasteiger partial charge on any atom is -0.375 e. The topological polar surface area (TPSA) is 71.2 Å². The maximum atomic E-state index is 11.1. The van der Waals surface area contributed by atoms with E-state index in [2.05, 4.69) is 15.2 Å². The van der Waals surface area contributed by atoms with E-state index in [1.807, 2.05) is 0 Å². The van der Waals surface area contributed by atoms with Gasteiger partial charge in [-0.1, -0.05) is 0 Å². The maximum absolute atomic E-state index is 11.1. The number of hydrogen-bond acceptors (Lipinski definition) is 5. The summed E-state index contributed by atoms with van der Waals surface area (Å²) in [6, 6.07) is 0. The highest BCUT2D eigenvalue weighted by molar-refractivity contribution is 7.15. The third-order valence-electron chi connectivity index (χ3n) is 2.07. The van der Waals surface area contributed by atoms with Crippen LogP contribution in [-0.4, -0.2) is 35.4 Å².